The van der Waals surface area contributed by atoms with Gasteiger partial charge in [0.1, 0.15) is 10.7 Å². The zero-order chi connectivity index (χ0) is 14.6. The molecule has 0 aliphatic rings. The zero-order valence-electron chi connectivity index (χ0n) is 10.0. The summed E-state index contributed by atoms with van der Waals surface area (Å²) in [6.45, 7) is 4.38. The third-order valence-electron chi connectivity index (χ3n) is 2.00. The Kier molecular flexibility index (Phi) is 5.04. The maximum absolute atomic E-state index is 13.7. The van der Waals surface area contributed by atoms with Gasteiger partial charge in [0.15, 0.2) is 0 Å². The quantitative estimate of drug-likeness (QED) is 0.871. The molecule has 0 spiro atoms. The molecule has 19 heavy (non-hydrogen) atoms. The summed E-state index contributed by atoms with van der Waals surface area (Å²) in [4.78, 5) is 10.3. The van der Waals surface area contributed by atoms with E-state index in [1.54, 1.807) is 0 Å². The number of halogens is 2. The van der Waals surface area contributed by atoms with Crippen molar-refractivity contribution in [2.24, 2.45) is 0 Å². The fourth-order valence-corrected chi connectivity index (χ4v) is 2.48. The van der Waals surface area contributed by atoms with Gasteiger partial charge in [-0.1, -0.05) is 18.2 Å². The monoisotopic (exact) mass is 306 g/mol. The Morgan fingerprint density at radius 3 is 2.58 bits per heavy atom. The number of amides is 1. The van der Waals surface area contributed by atoms with Gasteiger partial charge in [-0.2, -0.15) is 0 Å². The van der Waals surface area contributed by atoms with Gasteiger partial charge in [-0.15, -0.1) is 0 Å². The summed E-state index contributed by atoms with van der Waals surface area (Å²) in [5.74, 6) is -1.36. The van der Waals surface area contributed by atoms with Crippen LogP contribution in [0.1, 0.15) is 6.92 Å². The summed E-state index contributed by atoms with van der Waals surface area (Å²) >= 11 is 5.43. The fourth-order valence-electron chi connectivity index (χ4n) is 1.25. The van der Waals surface area contributed by atoms with Crippen LogP contribution < -0.4 is 10.0 Å². The zero-order valence-corrected chi connectivity index (χ0v) is 11.6. The van der Waals surface area contributed by atoms with Crippen LogP contribution in [0.15, 0.2) is 34.7 Å². The third kappa shape index (κ3) is 4.62. The number of rotatable bonds is 5. The molecular weight excluding hydrogens is 295 g/mol. The summed E-state index contributed by atoms with van der Waals surface area (Å²) in [5, 5.41) is 2.43. The Morgan fingerprint density at radius 2 is 2.11 bits per heavy atom. The smallest absolute Gasteiger partial charge is 0.243 e. The fraction of sp³-hybridized carbons (Fsp3) is 0.182. The van der Waals surface area contributed by atoms with Crippen molar-refractivity contribution in [1.82, 2.24) is 4.72 Å². The van der Waals surface area contributed by atoms with Crippen molar-refractivity contribution in [3.63, 3.8) is 0 Å². The van der Waals surface area contributed by atoms with E-state index in [0.29, 0.717) is 0 Å². The number of sulfonamides is 1. The molecule has 0 aromatic heterocycles. The number of carbonyl (C=O) groups excluding carboxylic acids is 1. The number of nitrogens with one attached hydrogen (secondary N) is 2. The van der Waals surface area contributed by atoms with Crippen LogP contribution in [-0.4, -0.2) is 20.9 Å². The van der Waals surface area contributed by atoms with Crippen LogP contribution in [0.25, 0.3) is 0 Å². The first-order valence-electron chi connectivity index (χ1n) is 5.12. The molecule has 1 aromatic carbocycles. The van der Waals surface area contributed by atoms with Crippen molar-refractivity contribution in [3.05, 3.63) is 35.6 Å². The Hall–Kier alpha value is -1.44. The lowest BCUT2D eigenvalue weighted by Gasteiger charge is -2.08. The Balaban J connectivity index is 3.01. The average molecular weight is 307 g/mol. The van der Waals surface area contributed by atoms with Crippen LogP contribution >= 0.6 is 11.6 Å². The SMILES string of the molecule is C=C(Cl)CNS(=O)(=O)c1ccc(NC(C)=O)cc1F. The number of anilines is 1. The number of hydrogen-bond acceptors (Lipinski definition) is 3. The largest absolute Gasteiger partial charge is 0.326 e. The normalized spacial score (nSPS) is 11.1. The molecule has 104 valence electrons. The van der Waals surface area contributed by atoms with Gasteiger partial charge in [-0.05, 0) is 18.2 Å². The lowest BCUT2D eigenvalue weighted by molar-refractivity contribution is -0.114. The summed E-state index contributed by atoms with van der Waals surface area (Å²) in [7, 11) is -4.01. The summed E-state index contributed by atoms with van der Waals surface area (Å²) < 4.78 is 39.3. The van der Waals surface area contributed by atoms with Gasteiger partial charge in [0.25, 0.3) is 0 Å². The molecule has 0 unspecified atom stereocenters. The van der Waals surface area contributed by atoms with Crippen LogP contribution in [0.2, 0.25) is 0 Å². The van der Waals surface area contributed by atoms with Gasteiger partial charge in [0.05, 0.1) is 0 Å². The van der Waals surface area contributed by atoms with E-state index in [1.165, 1.54) is 13.0 Å². The van der Waals surface area contributed by atoms with Crippen molar-refractivity contribution in [3.8, 4) is 0 Å². The molecule has 5 nitrogen and oxygen atoms in total. The lowest BCUT2D eigenvalue weighted by Crippen LogP contribution is -2.25. The molecule has 0 bridgehead atoms. The molecule has 0 saturated carbocycles. The van der Waals surface area contributed by atoms with Crippen LogP contribution in [0.4, 0.5) is 10.1 Å². The molecule has 0 aliphatic heterocycles. The molecule has 0 heterocycles. The minimum Gasteiger partial charge on any atom is -0.326 e. The topological polar surface area (TPSA) is 75.3 Å². The predicted molar refractivity (Wildman–Crippen MR) is 70.9 cm³/mol. The first-order chi connectivity index (χ1) is 8.72. The molecule has 1 aromatic rings. The van der Waals surface area contributed by atoms with Crippen molar-refractivity contribution in [1.29, 1.82) is 0 Å². The summed E-state index contributed by atoms with van der Waals surface area (Å²) in [6.07, 6.45) is 0. The number of benzene rings is 1. The highest BCUT2D eigenvalue weighted by atomic mass is 35.5. The van der Waals surface area contributed by atoms with Crippen LogP contribution in [0, 0.1) is 5.82 Å². The van der Waals surface area contributed by atoms with Gasteiger partial charge in [0, 0.05) is 24.2 Å². The van der Waals surface area contributed by atoms with E-state index < -0.39 is 20.7 Å². The highest BCUT2D eigenvalue weighted by Gasteiger charge is 2.19. The molecule has 0 aliphatic carbocycles. The predicted octanol–water partition coefficient (Wildman–Crippen LogP) is 1.81. The van der Waals surface area contributed by atoms with E-state index in [2.05, 4.69) is 16.6 Å². The van der Waals surface area contributed by atoms with E-state index in [1.807, 2.05) is 0 Å². The van der Waals surface area contributed by atoms with Gasteiger partial charge < -0.3 is 5.32 Å². The Bertz CT molecular complexity index is 616. The van der Waals surface area contributed by atoms with Crippen molar-refractivity contribution in [2.45, 2.75) is 11.8 Å². The molecule has 1 amide bonds. The first-order valence-corrected chi connectivity index (χ1v) is 6.98. The Morgan fingerprint density at radius 1 is 1.47 bits per heavy atom. The van der Waals surface area contributed by atoms with Gasteiger partial charge in [0.2, 0.25) is 15.9 Å². The second kappa shape index (κ2) is 6.14. The van der Waals surface area contributed by atoms with Gasteiger partial charge in [-0.25, -0.2) is 17.5 Å². The maximum atomic E-state index is 13.7. The Labute approximate surface area is 115 Å². The van der Waals surface area contributed by atoms with Gasteiger partial charge in [-0.3, -0.25) is 4.79 Å². The number of hydrogen-bond donors (Lipinski definition) is 2. The lowest BCUT2D eigenvalue weighted by atomic mass is 10.3. The summed E-state index contributed by atoms with van der Waals surface area (Å²) in [6, 6.07) is 3.26. The third-order valence-corrected chi connectivity index (χ3v) is 3.56. The first kappa shape index (κ1) is 15.6. The minimum atomic E-state index is -4.01. The summed E-state index contributed by atoms with van der Waals surface area (Å²) in [5.41, 5.74) is 0.172. The second-order valence-electron chi connectivity index (χ2n) is 3.67. The number of carbonyl (C=O) groups is 1. The standard InChI is InChI=1S/C11H12ClFN2O3S/c1-7(12)6-14-19(17,18)11-4-3-9(5-10(11)13)15-8(2)16/h3-5,14H,1,6H2,2H3,(H,15,16). The van der Waals surface area contributed by atoms with Gasteiger partial charge >= 0.3 is 0 Å². The van der Waals surface area contributed by atoms with E-state index in [-0.39, 0.29) is 23.2 Å². The maximum Gasteiger partial charge on any atom is 0.243 e. The second-order valence-corrected chi connectivity index (χ2v) is 5.94. The molecule has 0 saturated heterocycles. The highest BCUT2D eigenvalue weighted by molar-refractivity contribution is 7.89. The highest BCUT2D eigenvalue weighted by Crippen LogP contribution is 2.19. The molecule has 0 fully saturated rings. The van der Waals surface area contributed by atoms with E-state index >= 15 is 0 Å². The van der Waals surface area contributed by atoms with Crippen LogP contribution in [0.5, 0.6) is 0 Å². The van der Waals surface area contributed by atoms with Crippen molar-refractivity contribution < 1.29 is 17.6 Å². The molecule has 0 radical (unpaired) electrons. The molecular formula is C11H12ClFN2O3S. The van der Waals surface area contributed by atoms with E-state index in [0.717, 1.165) is 12.1 Å². The molecule has 8 heteroatoms. The van der Waals surface area contributed by atoms with Crippen molar-refractivity contribution >= 4 is 33.2 Å². The van der Waals surface area contributed by atoms with E-state index in [4.69, 9.17) is 11.6 Å². The van der Waals surface area contributed by atoms with E-state index in [9.17, 15) is 17.6 Å². The average Bonchev–Trinajstić information content (AvgIpc) is 2.25. The van der Waals surface area contributed by atoms with Crippen LogP contribution in [0.3, 0.4) is 0 Å². The van der Waals surface area contributed by atoms with Crippen LogP contribution in [-0.2, 0) is 14.8 Å². The molecule has 1 rings (SSSR count). The molecule has 2 N–H and O–H groups in total. The van der Waals surface area contributed by atoms with Crippen molar-refractivity contribution in [2.75, 3.05) is 11.9 Å². The molecule has 0 atom stereocenters. The minimum absolute atomic E-state index is 0.0823.